The summed E-state index contributed by atoms with van der Waals surface area (Å²) in [7, 11) is 3.29. The van der Waals surface area contributed by atoms with Crippen LogP contribution in [0.2, 0.25) is 0 Å². The second-order valence-corrected chi connectivity index (χ2v) is 6.20. The van der Waals surface area contributed by atoms with Crippen LogP contribution in [0, 0.1) is 0 Å². The van der Waals surface area contributed by atoms with E-state index in [1.54, 1.807) is 0 Å². The number of halogens is 2. The number of carbonyl (C=O) groups excluding carboxylic acids is 1. The standard InChI is InChI=1S/C18H26F2N4O/c1-5-12(2)10-15(14-6-8-22-17(14)21-3)24-9-7-13(11-24)23(4)18(25)16(19)20/h6,8,10,13,16,21-22H,2,5,7,9,11H2,1,3-4H3/b15-10+. The van der Waals surface area contributed by atoms with Crippen LogP contribution in [-0.2, 0) is 4.79 Å². The van der Waals surface area contributed by atoms with Crippen LogP contribution in [0.3, 0.4) is 0 Å². The van der Waals surface area contributed by atoms with Gasteiger partial charge in [-0.2, -0.15) is 8.78 Å². The summed E-state index contributed by atoms with van der Waals surface area (Å²) in [6.45, 7) is 7.31. The van der Waals surface area contributed by atoms with Gasteiger partial charge in [0.25, 0.3) is 5.91 Å². The van der Waals surface area contributed by atoms with E-state index >= 15 is 0 Å². The topological polar surface area (TPSA) is 51.4 Å². The van der Waals surface area contributed by atoms with Crippen LogP contribution in [0.25, 0.3) is 5.70 Å². The quantitative estimate of drug-likeness (QED) is 0.741. The number of aromatic nitrogens is 1. The second-order valence-electron chi connectivity index (χ2n) is 6.20. The van der Waals surface area contributed by atoms with Crippen LogP contribution in [0.1, 0.15) is 25.3 Å². The first-order chi connectivity index (χ1) is 11.9. The highest BCUT2D eigenvalue weighted by Crippen LogP contribution is 2.31. The Balaban J connectivity index is 2.24. The third kappa shape index (κ3) is 4.21. The van der Waals surface area contributed by atoms with Crippen molar-refractivity contribution in [2.45, 2.75) is 32.2 Å². The maximum atomic E-state index is 12.7. The number of rotatable bonds is 7. The first-order valence-electron chi connectivity index (χ1n) is 8.43. The molecule has 0 spiro atoms. The fourth-order valence-corrected chi connectivity index (χ4v) is 3.04. The van der Waals surface area contributed by atoms with Crippen LogP contribution < -0.4 is 5.32 Å². The molecule has 0 saturated carbocycles. The lowest BCUT2D eigenvalue weighted by Gasteiger charge is -2.27. The molecule has 138 valence electrons. The Morgan fingerprint density at radius 1 is 1.60 bits per heavy atom. The first kappa shape index (κ1) is 19.0. The van der Waals surface area contributed by atoms with E-state index in [9.17, 15) is 13.6 Å². The van der Waals surface area contributed by atoms with E-state index in [0.29, 0.717) is 19.5 Å². The number of carbonyl (C=O) groups is 1. The number of anilines is 1. The Labute approximate surface area is 147 Å². The Kier molecular flexibility index (Phi) is 6.22. The highest BCUT2D eigenvalue weighted by atomic mass is 19.3. The largest absolute Gasteiger partial charge is 0.374 e. The van der Waals surface area contributed by atoms with E-state index in [1.807, 2.05) is 32.3 Å². The number of H-pyrrole nitrogens is 1. The molecule has 1 saturated heterocycles. The summed E-state index contributed by atoms with van der Waals surface area (Å²) in [5.74, 6) is -0.233. The van der Waals surface area contributed by atoms with Gasteiger partial charge < -0.3 is 20.1 Å². The van der Waals surface area contributed by atoms with Crippen LogP contribution >= 0.6 is 0 Å². The van der Waals surface area contributed by atoms with Crippen molar-refractivity contribution in [2.75, 3.05) is 32.5 Å². The Morgan fingerprint density at radius 3 is 2.92 bits per heavy atom. The molecule has 2 N–H and O–H groups in total. The lowest BCUT2D eigenvalue weighted by molar-refractivity contribution is -0.143. The minimum absolute atomic E-state index is 0.225. The van der Waals surface area contributed by atoms with Gasteiger partial charge in [-0.05, 0) is 25.0 Å². The summed E-state index contributed by atoms with van der Waals surface area (Å²) in [6.07, 6.45) is 2.40. The Bertz CT molecular complexity index is 653. The molecule has 1 aromatic heterocycles. The normalized spacial score (nSPS) is 17.9. The molecular formula is C18H26F2N4O. The average Bonchev–Trinajstić information content (AvgIpc) is 3.27. The Hall–Kier alpha value is -2.31. The van der Waals surface area contributed by atoms with Crippen LogP contribution in [0.5, 0.6) is 0 Å². The van der Waals surface area contributed by atoms with Crippen molar-refractivity contribution >= 4 is 17.4 Å². The molecule has 1 aliphatic rings. The van der Waals surface area contributed by atoms with Crippen molar-refractivity contribution in [3.63, 3.8) is 0 Å². The number of amides is 1. The maximum absolute atomic E-state index is 12.7. The molecule has 25 heavy (non-hydrogen) atoms. The molecule has 1 atom stereocenters. The molecule has 0 aliphatic carbocycles. The van der Waals surface area contributed by atoms with Gasteiger partial charge in [0.2, 0.25) is 0 Å². The summed E-state index contributed by atoms with van der Waals surface area (Å²) in [5.41, 5.74) is 2.97. The predicted octanol–water partition coefficient (Wildman–Crippen LogP) is 3.16. The van der Waals surface area contributed by atoms with Crippen LogP contribution in [0.15, 0.2) is 30.5 Å². The third-order valence-corrected chi connectivity index (χ3v) is 4.65. The molecule has 5 nitrogen and oxygen atoms in total. The zero-order valence-electron chi connectivity index (χ0n) is 15.0. The molecule has 1 fully saturated rings. The van der Waals surface area contributed by atoms with E-state index in [-0.39, 0.29) is 6.04 Å². The monoisotopic (exact) mass is 352 g/mol. The molecule has 7 heteroatoms. The molecule has 1 aliphatic heterocycles. The van der Waals surface area contributed by atoms with Gasteiger partial charge in [0.1, 0.15) is 5.82 Å². The highest BCUT2D eigenvalue weighted by molar-refractivity contribution is 5.79. The minimum Gasteiger partial charge on any atom is -0.374 e. The maximum Gasteiger partial charge on any atom is 0.315 e. The predicted molar refractivity (Wildman–Crippen MR) is 96.5 cm³/mol. The number of allylic oxidation sites excluding steroid dienone is 2. The van der Waals surface area contributed by atoms with Gasteiger partial charge in [-0.1, -0.05) is 19.1 Å². The number of nitrogens with one attached hydrogen (secondary N) is 2. The Morgan fingerprint density at radius 2 is 2.32 bits per heavy atom. The van der Waals surface area contributed by atoms with E-state index in [1.165, 1.54) is 11.9 Å². The number of likely N-dealkylation sites (tertiary alicyclic amines) is 1. The molecule has 1 amide bonds. The zero-order valence-corrected chi connectivity index (χ0v) is 15.0. The highest BCUT2D eigenvalue weighted by Gasteiger charge is 2.33. The van der Waals surface area contributed by atoms with Gasteiger partial charge in [-0.25, -0.2) is 0 Å². The number of hydrogen-bond donors (Lipinski definition) is 2. The van der Waals surface area contributed by atoms with Gasteiger partial charge in [-0.15, -0.1) is 0 Å². The average molecular weight is 352 g/mol. The molecule has 2 rings (SSSR count). The number of aromatic amines is 1. The molecule has 0 aromatic carbocycles. The van der Waals surface area contributed by atoms with Crippen molar-refractivity contribution in [1.82, 2.24) is 14.8 Å². The smallest absolute Gasteiger partial charge is 0.315 e. The van der Waals surface area contributed by atoms with Crippen molar-refractivity contribution in [3.8, 4) is 0 Å². The fourth-order valence-electron chi connectivity index (χ4n) is 3.04. The van der Waals surface area contributed by atoms with E-state index in [4.69, 9.17) is 0 Å². The van der Waals surface area contributed by atoms with E-state index in [0.717, 1.165) is 29.1 Å². The summed E-state index contributed by atoms with van der Waals surface area (Å²) in [4.78, 5) is 18.0. The van der Waals surface area contributed by atoms with Gasteiger partial charge in [-0.3, -0.25) is 4.79 Å². The third-order valence-electron chi connectivity index (χ3n) is 4.65. The number of alkyl halides is 2. The molecular weight excluding hydrogens is 326 g/mol. The fraction of sp³-hybridized carbons (Fsp3) is 0.500. The lowest BCUT2D eigenvalue weighted by Crippen LogP contribution is -2.41. The van der Waals surface area contributed by atoms with Gasteiger partial charge in [0, 0.05) is 44.6 Å². The summed E-state index contributed by atoms with van der Waals surface area (Å²) < 4.78 is 25.4. The minimum atomic E-state index is -2.96. The van der Waals surface area contributed by atoms with E-state index in [2.05, 4.69) is 21.8 Å². The second kappa shape index (κ2) is 8.18. The zero-order chi connectivity index (χ0) is 18.6. The van der Waals surface area contributed by atoms with Crippen LogP contribution in [0.4, 0.5) is 14.6 Å². The van der Waals surface area contributed by atoms with Crippen molar-refractivity contribution in [2.24, 2.45) is 0 Å². The molecule has 0 bridgehead atoms. The van der Waals surface area contributed by atoms with E-state index < -0.39 is 12.3 Å². The molecule has 1 unspecified atom stereocenters. The van der Waals surface area contributed by atoms with Crippen molar-refractivity contribution in [1.29, 1.82) is 0 Å². The molecule has 0 radical (unpaired) electrons. The summed E-state index contributed by atoms with van der Waals surface area (Å²) in [5, 5.41) is 3.12. The van der Waals surface area contributed by atoms with Crippen molar-refractivity contribution in [3.05, 3.63) is 36.1 Å². The summed E-state index contributed by atoms with van der Waals surface area (Å²) in [6, 6.07) is 1.75. The number of nitrogens with zero attached hydrogens (tertiary/aromatic N) is 2. The van der Waals surface area contributed by atoms with Gasteiger partial charge in [0.05, 0.1) is 6.04 Å². The number of hydrogen-bond acceptors (Lipinski definition) is 3. The van der Waals surface area contributed by atoms with Crippen LogP contribution in [-0.4, -0.2) is 60.3 Å². The SMILES string of the molecule is C=C(/C=C(\c1cc[nH]c1NC)N1CCC(N(C)C(=O)C(F)F)C1)CC. The van der Waals surface area contributed by atoms with Crippen molar-refractivity contribution < 1.29 is 13.6 Å². The number of likely N-dealkylation sites (N-methyl/N-ethyl adjacent to an activating group) is 1. The molecule has 2 heterocycles. The van der Waals surface area contributed by atoms with Gasteiger partial charge in [0.15, 0.2) is 0 Å². The lowest BCUT2D eigenvalue weighted by atomic mass is 10.1. The molecule has 1 aromatic rings. The summed E-state index contributed by atoms with van der Waals surface area (Å²) >= 11 is 0. The van der Waals surface area contributed by atoms with Gasteiger partial charge >= 0.3 is 6.43 Å². The first-order valence-corrected chi connectivity index (χ1v) is 8.43.